The van der Waals surface area contributed by atoms with Gasteiger partial charge in [0.2, 0.25) is 0 Å². The molecule has 1 aliphatic heterocycles. The fraction of sp³-hybridized carbons (Fsp3) is 0.676. The molecule has 0 bridgehead atoms. The maximum Gasteiger partial charge on any atom is 0.122 e. The van der Waals surface area contributed by atoms with Crippen molar-refractivity contribution in [1.82, 2.24) is 15.5 Å². The van der Waals surface area contributed by atoms with Crippen molar-refractivity contribution < 1.29 is 24.1 Å². The van der Waals surface area contributed by atoms with Gasteiger partial charge in [0.05, 0.1) is 26.4 Å². The maximum absolute atomic E-state index is 11.4. The number of nitrogens with zero attached hydrogens (tertiary/aromatic N) is 1. The lowest BCUT2D eigenvalue weighted by Crippen LogP contribution is -2.49. The summed E-state index contributed by atoms with van der Waals surface area (Å²) >= 11 is 0. The highest BCUT2D eigenvalue weighted by atomic mass is 16.5. The fourth-order valence-corrected chi connectivity index (χ4v) is 7.14. The zero-order valence-electron chi connectivity index (χ0n) is 28.1. The van der Waals surface area contributed by atoms with Gasteiger partial charge in [-0.3, -0.25) is 0 Å². The normalized spacial score (nSPS) is 20.0. The van der Waals surface area contributed by atoms with Crippen LogP contribution in [0.4, 0.5) is 0 Å². The van der Waals surface area contributed by atoms with Crippen LogP contribution >= 0.6 is 0 Å². The van der Waals surface area contributed by atoms with E-state index in [0.717, 1.165) is 62.7 Å². The lowest BCUT2D eigenvalue weighted by atomic mass is 9.83. The van der Waals surface area contributed by atoms with Crippen molar-refractivity contribution in [2.45, 2.75) is 82.6 Å². The van der Waals surface area contributed by atoms with Crippen molar-refractivity contribution in [2.75, 3.05) is 67.3 Å². The number of piperidine rings is 1. The van der Waals surface area contributed by atoms with E-state index in [1.54, 1.807) is 21.3 Å². The third-order valence-corrected chi connectivity index (χ3v) is 9.59. The zero-order valence-corrected chi connectivity index (χ0v) is 28.1. The average Bonchev–Trinajstić information content (AvgIpc) is 3.08. The van der Waals surface area contributed by atoms with Crippen molar-refractivity contribution in [2.24, 2.45) is 11.8 Å². The second-order valence-corrected chi connectivity index (χ2v) is 13.0. The Bertz CT molecular complexity index is 1050. The van der Waals surface area contributed by atoms with Crippen LogP contribution in [0.3, 0.4) is 0 Å². The van der Waals surface area contributed by atoms with Crippen molar-refractivity contribution in [1.29, 1.82) is 0 Å². The first-order chi connectivity index (χ1) is 22.1. The van der Waals surface area contributed by atoms with Gasteiger partial charge in [-0.25, -0.2) is 0 Å². The number of aliphatic hydroxyl groups is 1. The second-order valence-electron chi connectivity index (χ2n) is 13.0. The molecule has 1 aliphatic carbocycles. The molecule has 1 saturated heterocycles. The highest BCUT2D eigenvalue weighted by molar-refractivity contribution is 5.38. The van der Waals surface area contributed by atoms with Gasteiger partial charge in [-0.2, -0.15) is 0 Å². The minimum Gasteiger partial charge on any atom is -0.497 e. The Morgan fingerprint density at radius 2 is 1.67 bits per heavy atom. The van der Waals surface area contributed by atoms with Gasteiger partial charge >= 0.3 is 0 Å². The minimum atomic E-state index is -0.462. The Morgan fingerprint density at radius 3 is 2.38 bits per heavy atom. The predicted molar refractivity (Wildman–Crippen MR) is 181 cm³/mol. The highest BCUT2D eigenvalue weighted by Crippen LogP contribution is 2.33. The third kappa shape index (κ3) is 12.2. The van der Waals surface area contributed by atoms with E-state index in [9.17, 15) is 5.11 Å². The van der Waals surface area contributed by atoms with Crippen LogP contribution in [0.15, 0.2) is 48.5 Å². The van der Waals surface area contributed by atoms with E-state index in [1.165, 1.54) is 50.5 Å². The Hall–Kier alpha value is -2.20. The molecule has 0 spiro atoms. The summed E-state index contributed by atoms with van der Waals surface area (Å²) in [7, 11) is 5.08. The molecule has 1 heterocycles. The molecule has 8 nitrogen and oxygen atoms in total. The number of benzene rings is 2. The van der Waals surface area contributed by atoms with Gasteiger partial charge in [0, 0.05) is 71.1 Å². The van der Waals surface area contributed by atoms with Crippen molar-refractivity contribution in [3.63, 3.8) is 0 Å². The van der Waals surface area contributed by atoms with Crippen LogP contribution in [0, 0.1) is 11.8 Å². The Kier molecular flexibility index (Phi) is 15.9. The molecule has 252 valence electrons. The SMILES string of the molecule is COCCCOC(c1ccccc1)C1CCCN(CCN[C@@H](CC2CCCCC2)[C@H](O)CNCc2cc(OC)cc(OC)c2)C1. The quantitative estimate of drug-likeness (QED) is 0.164. The molecule has 0 radical (unpaired) electrons. The second kappa shape index (κ2) is 20.1. The van der Waals surface area contributed by atoms with Gasteiger partial charge in [0.1, 0.15) is 11.5 Å². The summed E-state index contributed by atoms with van der Waals surface area (Å²) in [4.78, 5) is 2.59. The molecule has 2 fully saturated rings. The monoisotopic (exact) mass is 625 g/mol. The van der Waals surface area contributed by atoms with E-state index in [0.29, 0.717) is 31.5 Å². The molecular weight excluding hydrogens is 566 g/mol. The number of aliphatic hydroxyl groups excluding tert-OH is 1. The van der Waals surface area contributed by atoms with E-state index in [1.807, 2.05) is 18.2 Å². The summed E-state index contributed by atoms with van der Waals surface area (Å²) in [6, 6.07) is 16.7. The molecule has 4 rings (SSSR count). The Balaban J connectivity index is 1.30. The molecule has 1 saturated carbocycles. The van der Waals surface area contributed by atoms with E-state index >= 15 is 0 Å². The molecule has 2 aliphatic rings. The smallest absolute Gasteiger partial charge is 0.122 e. The molecule has 3 N–H and O–H groups in total. The molecule has 8 heteroatoms. The number of methoxy groups -OCH3 is 3. The number of hydrogen-bond donors (Lipinski definition) is 3. The summed E-state index contributed by atoms with van der Waals surface area (Å²) in [5.74, 6) is 2.70. The van der Waals surface area contributed by atoms with Crippen LogP contribution in [-0.4, -0.2) is 89.4 Å². The maximum atomic E-state index is 11.4. The van der Waals surface area contributed by atoms with Gasteiger partial charge < -0.3 is 39.6 Å². The van der Waals surface area contributed by atoms with Crippen LogP contribution in [0.2, 0.25) is 0 Å². The van der Waals surface area contributed by atoms with E-state index in [-0.39, 0.29) is 12.1 Å². The first-order valence-corrected chi connectivity index (χ1v) is 17.3. The van der Waals surface area contributed by atoms with Crippen LogP contribution in [0.1, 0.15) is 75.0 Å². The first kappa shape index (κ1) is 35.7. The number of nitrogens with one attached hydrogen (secondary N) is 2. The average molecular weight is 626 g/mol. The molecule has 45 heavy (non-hydrogen) atoms. The topological polar surface area (TPSA) is 84.5 Å². The Morgan fingerprint density at radius 1 is 0.911 bits per heavy atom. The molecule has 2 aromatic carbocycles. The lowest BCUT2D eigenvalue weighted by Gasteiger charge is -2.38. The van der Waals surface area contributed by atoms with E-state index < -0.39 is 6.10 Å². The van der Waals surface area contributed by atoms with Gasteiger partial charge in [0.15, 0.2) is 0 Å². The molecule has 0 aromatic heterocycles. The first-order valence-electron chi connectivity index (χ1n) is 17.3. The van der Waals surface area contributed by atoms with Crippen molar-refractivity contribution in [3.8, 4) is 11.5 Å². The van der Waals surface area contributed by atoms with E-state index in [4.69, 9.17) is 18.9 Å². The molecular formula is C37H59N3O5. The predicted octanol–water partition coefficient (Wildman–Crippen LogP) is 5.59. The summed E-state index contributed by atoms with van der Waals surface area (Å²) in [6.07, 6.45) is 10.5. The summed E-state index contributed by atoms with van der Waals surface area (Å²) in [5.41, 5.74) is 2.35. The fourth-order valence-electron chi connectivity index (χ4n) is 7.14. The zero-order chi connectivity index (χ0) is 31.7. The molecule has 2 unspecified atom stereocenters. The standard InChI is InChI=1S/C37H59N3O5/c1-42-20-11-21-45-37(31-14-8-5-9-15-31)32-16-10-18-40(28-32)19-17-39-35(24-29-12-6-4-7-13-29)36(41)27-38-26-30-22-33(43-2)25-34(23-30)44-3/h5,8-9,14-15,22-23,25,29,32,35-39,41H,4,6-7,10-13,16-21,24,26-28H2,1-3H3/t32?,35-,36+,37?/m0/s1. The highest BCUT2D eigenvalue weighted by Gasteiger charge is 2.30. The largest absolute Gasteiger partial charge is 0.497 e. The molecule has 2 aromatic rings. The number of likely N-dealkylation sites (tertiary alicyclic amines) is 1. The van der Waals surface area contributed by atoms with Crippen LogP contribution in [0.25, 0.3) is 0 Å². The summed E-state index contributed by atoms with van der Waals surface area (Å²) in [6.45, 7) is 6.62. The van der Waals surface area contributed by atoms with E-state index in [2.05, 4.69) is 45.9 Å². The number of rotatable bonds is 20. The third-order valence-electron chi connectivity index (χ3n) is 9.59. The molecule has 4 atom stereocenters. The minimum absolute atomic E-state index is 0.0715. The molecule has 0 amide bonds. The van der Waals surface area contributed by atoms with Crippen LogP contribution in [0.5, 0.6) is 11.5 Å². The Labute approximate surface area is 272 Å². The van der Waals surface area contributed by atoms with Crippen molar-refractivity contribution >= 4 is 0 Å². The lowest BCUT2D eigenvalue weighted by molar-refractivity contribution is -0.0219. The summed E-state index contributed by atoms with van der Waals surface area (Å²) in [5, 5.41) is 18.7. The van der Waals surface area contributed by atoms with Gasteiger partial charge in [0.25, 0.3) is 0 Å². The van der Waals surface area contributed by atoms with Crippen LogP contribution < -0.4 is 20.1 Å². The van der Waals surface area contributed by atoms with Gasteiger partial charge in [-0.1, -0.05) is 62.4 Å². The van der Waals surface area contributed by atoms with Crippen molar-refractivity contribution in [3.05, 3.63) is 59.7 Å². The van der Waals surface area contributed by atoms with Crippen LogP contribution in [-0.2, 0) is 16.0 Å². The number of ether oxygens (including phenoxy) is 4. The number of hydrogen-bond acceptors (Lipinski definition) is 8. The van der Waals surface area contributed by atoms with Gasteiger partial charge in [-0.15, -0.1) is 0 Å². The van der Waals surface area contributed by atoms with Gasteiger partial charge in [-0.05, 0) is 61.4 Å². The summed E-state index contributed by atoms with van der Waals surface area (Å²) < 4.78 is 22.6.